The highest BCUT2D eigenvalue weighted by Gasteiger charge is 2.27. The largest absolute Gasteiger partial charge is 0.319 e. The second-order valence-corrected chi connectivity index (χ2v) is 7.96. The highest BCUT2D eigenvalue weighted by molar-refractivity contribution is 4.85. The van der Waals surface area contributed by atoms with Gasteiger partial charge in [-0.1, -0.05) is 59.6 Å². The second-order valence-electron chi connectivity index (χ2n) is 7.96. The molecule has 23 heavy (non-hydrogen) atoms. The van der Waals surface area contributed by atoms with Crippen LogP contribution in [0.2, 0.25) is 0 Å². The minimum Gasteiger partial charge on any atom is -0.319 e. The molecule has 5 unspecified atom stereocenters. The Hall–Kier alpha value is -0.560. The summed E-state index contributed by atoms with van der Waals surface area (Å²) in [4.78, 5) is 0. The van der Waals surface area contributed by atoms with Gasteiger partial charge in [0.1, 0.15) is 0 Å². The molecule has 0 radical (unpaired) electrons. The topological polar surface area (TPSA) is 12.0 Å². The zero-order chi connectivity index (χ0) is 17.8. The standard InChI is InChI=1S/C22H43N/c1-9-12-20(21(13-10-2)16-23-8)15-19(7)22(17(4)5)14-18(6)11-3/h10-11,17-23H,2-3,9,12-16H2,1,4-8H3. The van der Waals surface area contributed by atoms with E-state index in [1.54, 1.807) is 0 Å². The maximum atomic E-state index is 3.98. The molecule has 0 heterocycles. The van der Waals surface area contributed by atoms with Gasteiger partial charge in [0.2, 0.25) is 0 Å². The van der Waals surface area contributed by atoms with Crippen molar-refractivity contribution in [3.63, 3.8) is 0 Å². The molecular weight excluding hydrogens is 278 g/mol. The third-order valence-electron chi connectivity index (χ3n) is 5.57. The summed E-state index contributed by atoms with van der Waals surface area (Å²) in [7, 11) is 2.07. The Morgan fingerprint density at radius 3 is 2.09 bits per heavy atom. The lowest BCUT2D eigenvalue weighted by Gasteiger charge is -2.34. The molecule has 0 saturated carbocycles. The van der Waals surface area contributed by atoms with Crippen molar-refractivity contribution in [1.82, 2.24) is 5.32 Å². The molecule has 0 rings (SSSR count). The van der Waals surface area contributed by atoms with Crippen LogP contribution in [0.3, 0.4) is 0 Å². The summed E-state index contributed by atoms with van der Waals surface area (Å²) < 4.78 is 0. The molecular formula is C22H43N. The molecule has 1 heteroatoms. The maximum Gasteiger partial charge on any atom is -0.00179 e. The van der Waals surface area contributed by atoms with Crippen LogP contribution in [-0.2, 0) is 0 Å². The van der Waals surface area contributed by atoms with Crippen molar-refractivity contribution >= 4 is 0 Å². The molecule has 0 saturated heterocycles. The van der Waals surface area contributed by atoms with Gasteiger partial charge in [0.15, 0.2) is 0 Å². The lowest BCUT2D eigenvalue weighted by Crippen LogP contribution is -2.29. The normalized spacial score (nSPS) is 18.2. The van der Waals surface area contributed by atoms with Crippen LogP contribution >= 0.6 is 0 Å². The Morgan fingerprint density at radius 1 is 1.00 bits per heavy atom. The van der Waals surface area contributed by atoms with Crippen LogP contribution in [0.4, 0.5) is 0 Å². The first-order chi connectivity index (χ1) is 10.9. The molecule has 5 atom stereocenters. The molecule has 0 fully saturated rings. The summed E-state index contributed by atoms with van der Waals surface area (Å²) in [5, 5.41) is 3.40. The number of rotatable bonds is 14. The van der Waals surface area contributed by atoms with Crippen molar-refractivity contribution in [3.8, 4) is 0 Å². The predicted molar refractivity (Wildman–Crippen MR) is 107 cm³/mol. The van der Waals surface area contributed by atoms with E-state index in [9.17, 15) is 0 Å². The zero-order valence-corrected chi connectivity index (χ0v) is 16.8. The van der Waals surface area contributed by atoms with Crippen LogP contribution < -0.4 is 5.32 Å². The lowest BCUT2D eigenvalue weighted by atomic mass is 9.72. The number of nitrogens with one attached hydrogen (secondary N) is 1. The number of allylic oxidation sites excluding steroid dienone is 2. The smallest absolute Gasteiger partial charge is 0.00179 e. The fraction of sp³-hybridized carbons (Fsp3) is 0.818. The summed E-state index contributed by atoms with van der Waals surface area (Å²) >= 11 is 0. The third-order valence-corrected chi connectivity index (χ3v) is 5.57. The predicted octanol–water partition coefficient (Wildman–Crippen LogP) is 6.33. The zero-order valence-electron chi connectivity index (χ0n) is 16.8. The summed E-state index contributed by atoms with van der Waals surface area (Å²) in [5.74, 6) is 4.47. The quantitative estimate of drug-likeness (QED) is 0.369. The van der Waals surface area contributed by atoms with Gasteiger partial charge in [0, 0.05) is 0 Å². The Kier molecular flexibility index (Phi) is 12.5. The molecule has 0 bridgehead atoms. The highest BCUT2D eigenvalue weighted by Crippen LogP contribution is 2.36. The molecule has 0 aromatic carbocycles. The Morgan fingerprint density at radius 2 is 1.65 bits per heavy atom. The van der Waals surface area contributed by atoms with E-state index in [4.69, 9.17) is 0 Å². The van der Waals surface area contributed by atoms with E-state index >= 15 is 0 Å². The molecule has 0 aromatic heterocycles. The summed E-state index contributed by atoms with van der Waals surface area (Å²) in [6, 6.07) is 0. The first-order valence-electron chi connectivity index (χ1n) is 9.79. The Bertz CT molecular complexity index is 307. The minimum absolute atomic E-state index is 0.621. The molecule has 0 amide bonds. The van der Waals surface area contributed by atoms with Gasteiger partial charge in [-0.2, -0.15) is 0 Å². The van der Waals surface area contributed by atoms with Crippen LogP contribution in [0.1, 0.15) is 66.7 Å². The summed E-state index contributed by atoms with van der Waals surface area (Å²) in [6.45, 7) is 21.0. The first-order valence-corrected chi connectivity index (χ1v) is 9.79. The molecule has 1 N–H and O–H groups in total. The van der Waals surface area contributed by atoms with E-state index in [2.05, 4.69) is 72.3 Å². The van der Waals surface area contributed by atoms with E-state index in [1.807, 2.05) is 0 Å². The third kappa shape index (κ3) is 8.74. The average Bonchev–Trinajstić information content (AvgIpc) is 2.51. The van der Waals surface area contributed by atoms with Crippen molar-refractivity contribution < 1.29 is 0 Å². The van der Waals surface area contributed by atoms with Crippen molar-refractivity contribution in [2.45, 2.75) is 66.7 Å². The van der Waals surface area contributed by atoms with Gasteiger partial charge in [-0.25, -0.2) is 0 Å². The maximum absolute atomic E-state index is 3.98. The van der Waals surface area contributed by atoms with Crippen LogP contribution in [0.5, 0.6) is 0 Å². The van der Waals surface area contributed by atoms with Crippen molar-refractivity contribution in [2.75, 3.05) is 13.6 Å². The van der Waals surface area contributed by atoms with Crippen LogP contribution in [-0.4, -0.2) is 13.6 Å². The van der Waals surface area contributed by atoms with E-state index in [0.29, 0.717) is 5.92 Å². The lowest BCUT2D eigenvalue weighted by molar-refractivity contribution is 0.168. The molecule has 0 spiro atoms. The van der Waals surface area contributed by atoms with E-state index in [-0.39, 0.29) is 0 Å². The first kappa shape index (κ1) is 22.4. The molecule has 0 aromatic rings. The second kappa shape index (κ2) is 12.8. The van der Waals surface area contributed by atoms with Gasteiger partial charge in [-0.05, 0) is 68.4 Å². The van der Waals surface area contributed by atoms with E-state index in [0.717, 1.165) is 42.6 Å². The molecule has 136 valence electrons. The van der Waals surface area contributed by atoms with Crippen LogP contribution in [0.25, 0.3) is 0 Å². The Labute approximate surface area is 147 Å². The van der Waals surface area contributed by atoms with Crippen LogP contribution in [0.15, 0.2) is 25.3 Å². The van der Waals surface area contributed by atoms with Crippen molar-refractivity contribution in [1.29, 1.82) is 0 Å². The summed E-state index contributed by atoms with van der Waals surface area (Å²) in [5.41, 5.74) is 0. The van der Waals surface area contributed by atoms with Gasteiger partial charge in [0.05, 0.1) is 0 Å². The molecule has 0 aliphatic rings. The monoisotopic (exact) mass is 321 g/mol. The number of hydrogen-bond acceptors (Lipinski definition) is 1. The van der Waals surface area contributed by atoms with Gasteiger partial charge in [-0.15, -0.1) is 13.2 Å². The average molecular weight is 322 g/mol. The van der Waals surface area contributed by atoms with Gasteiger partial charge >= 0.3 is 0 Å². The Balaban J connectivity index is 4.97. The molecule has 0 aliphatic carbocycles. The van der Waals surface area contributed by atoms with Crippen LogP contribution in [0, 0.1) is 35.5 Å². The highest BCUT2D eigenvalue weighted by atomic mass is 14.8. The molecule has 1 nitrogen and oxygen atoms in total. The van der Waals surface area contributed by atoms with E-state index < -0.39 is 0 Å². The fourth-order valence-corrected chi connectivity index (χ4v) is 4.17. The SMILES string of the molecule is C=CCC(CNC)C(CCC)CC(C)C(CC(C)C=C)C(C)C. The van der Waals surface area contributed by atoms with Gasteiger partial charge in [0.25, 0.3) is 0 Å². The number of hydrogen-bond donors (Lipinski definition) is 1. The van der Waals surface area contributed by atoms with Gasteiger partial charge in [-0.3, -0.25) is 0 Å². The summed E-state index contributed by atoms with van der Waals surface area (Å²) in [6.07, 6.45) is 10.6. The van der Waals surface area contributed by atoms with Crippen molar-refractivity contribution in [3.05, 3.63) is 25.3 Å². The van der Waals surface area contributed by atoms with Crippen molar-refractivity contribution in [2.24, 2.45) is 35.5 Å². The minimum atomic E-state index is 0.621. The van der Waals surface area contributed by atoms with Gasteiger partial charge < -0.3 is 5.32 Å². The molecule has 0 aliphatic heterocycles. The van der Waals surface area contributed by atoms with E-state index in [1.165, 1.54) is 25.7 Å². The fourth-order valence-electron chi connectivity index (χ4n) is 4.17.